The number of nitrogens with one attached hydrogen (secondary N) is 4. The van der Waals surface area contributed by atoms with Crippen molar-refractivity contribution in [3.8, 4) is 0 Å². The van der Waals surface area contributed by atoms with Crippen molar-refractivity contribution in [2.45, 2.75) is 0 Å². The molecule has 0 atom stereocenters. The van der Waals surface area contributed by atoms with Crippen LogP contribution >= 0.6 is 0 Å². The molecule has 4 N–H and O–H groups in total. The van der Waals surface area contributed by atoms with Crippen molar-refractivity contribution in [3.05, 3.63) is 0 Å². The van der Waals surface area contributed by atoms with Gasteiger partial charge >= 0.3 is 0 Å². The second-order valence-electron chi connectivity index (χ2n) is 1.07. The van der Waals surface area contributed by atoms with E-state index in [-0.39, 0.29) is 0 Å². The molecule has 0 aliphatic carbocycles. The molecule has 1 amide bonds. The van der Waals surface area contributed by atoms with Crippen molar-refractivity contribution in [1.82, 2.24) is 4.90 Å². The van der Waals surface area contributed by atoms with Crippen molar-refractivity contribution < 1.29 is 4.79 Å². The Morgan fingerprint density at radius 3 is 0.923 bits per heavy atom. The van der Waals surface area contributed by atoms with Gasteiger partial charge in [-0.05, 0) is 26.9 Å². The highest BCUT2D eigenvalue weighted by Gasteiger charge is 1.68. The van der Waals surface area contributed by atoms with Crippen LogP contribution in [0.1, 0.15) is 0 Å². The summed E-state index contributed by atoms with van der Waals surface area (Å²) in [5, 5.41) is 22.0. The molecule has 0 heterocycles. The van der Waals surface area contributed by atoms with E-state index in [0.717, 1.165) is 6.41 Å². The standard InChI is InChI=1S/C3H7NO.4CH3N/c1-4(2)3-5;4*1-2/h3H,1-2H3;4*2H,1H2. The average molecular weight is 189 g/mol. The van der Waals surface area contributed by atoms with Crippen LogP contribution < -0.4 is 0 Å². The van der Waals surface area contributed by atoms with Crippen molar-refractivity contribution in [1.29, 1.82) is 21.6 Å². The van der Waals surface area contributed by atoms with Gasteiger partial charge in [0, 0.05) is 14.1 Å². The Labute approximate surface area is 79.6 Å². The summed E-state index contributed by atoms with van der Waals surface area (Å²) < 4.78 is 0. The topological polar surface area (TPSA) is 116 Å². The van der Waals surface area contributed by atoms with Gasteiger partial charge < -0.3 is 26.5 Å². The summed E-state index contributed by atoms with van der Waals surface area (Å²) in [7, 11) is 3.38. The van der Waals surface area contributed by atoms with Crippen molar-refractivity contribution in [2.75, 3.05) is 14.1 Å². The van der Waals surface area contributed by atoms with Crippen LogP contribution in [-0.2, 0) is 4.79 Å². The molecule has 6 nitrogen and oxygen atoms in total. The summed E-state index contributed by atoms with van der Waals surface area (Å²) in [4.78, 5) is 10.9. The minimum Gasteiger partial charge on any atom is -0.351 e. The molecule has 0 saturated carbocycles. The number of carbonyl (C=O) groups excluding carboxylic acids is 1. The van der Waals surface area contributed by atoms with Crippen LogP contribution in [0.15, 0.2) is 0 Å². The Kier molecular flexibility index (Phi) is 429. The number of nitrogens with zero attached hydrogens (tertiary/aromatic N) is 1. The minimum atomic E-state index is 0.750. The zero-order valence-electron chi connectivity index (χ0n) is 8.26. The van der Waals surface area contributed by atoms with Crippen LogP contribution in [0.2, 0.25) is 0 Å². The first-order chi connectivity index (χ1) is 6.27. The lowest BCUT2D eigenvalue weighted by atomic mass is 11.0. The van der Waals surface area contributed by atoms with E-state index in [9.17, 15) is 4.79 Å². The summed E-state index contributed by atoms with van der Waals surface area (Å²) in [6, 6.07) is 0. The Morgan fingerprint density at radius 2 is 0.923 bits per heavy atom. The summed E-state index contributed by atoms with van der Waals surface area (Å²) in [6.07, 6.45) is 0.750. The fraction of sp³-hybridized carbons (Fsp3) is 0.286. The molecule has 0 aromatic heterocycles. The highest BCUT2D eigenvalue weighted by molar-refractivity contribution is 5.45. The van der Waals surface area contributed by atoms with E-state index in [0.29, 0.717) is 0 Å². The van der Waals surface area contributed by atoms with Crippen molar-refractivity contribution in [3.63, 3.8) is 0 Å². The van der Waals surface area contributed by atoms with Gasteiger partial charge in [0.05, 0.1) is 0 Å². The monoisotopic (exact) mass is 189 g/mol. The van der Waals surface area contributed by atoms with Gasteiger partial charge in [0.15, 0.2) is 0 Å². The van der Waals surface area contributed by atoms with E-state index in [1.165, 1.54) is 4.90 Å². The van der Waals surface area contributed by atoms with Gasteiger partial charge in [0.25, 0.3) is 0 Å². The predicted octanol–water partition coefficient (Wildman–Crippen LogP) is 0.767. The minimum absolute atomic E-state index is 0.750. The molecule has 0 aliphatic heterocycles. The van der Waals surface area contributed by atoms with E-state index in [4.69, 9.17) is 21.6 Å². The molecule has 0 bridgehead atoms. The second-order valence-corrected chi connectivity index (χ2v) is 1.07. The van der Waals surface area contributed by atoms with Crippen LogP contribution in [0, 0.1) is 21.6 Å². The van der Waals surface area contributed by atoms with Gasteiger partial charge in [-0.2, -0.15) is 0 Å². The SMILES string of the molecule is C=N.C=N.C=N.C=N.CN(C)C=O. The van der Waals surface area contributed by atoms with Crippen LogP contribution in [0.3, 0.4) is 0 Å². The number of rotatable bonds is 1. The summed E-state index contributed by atoms with van der Waals surface area (Å²) in [5.41, 5.74) is 0. The maximum absolute atomic E-state index is 9.43. The van der Waals surface area contributed by atoms with Crippen LogP contribution in [0.4, 0.5) is 0 Å². The molecule has 0 rings (SSSR count). The van der Waals surface area contributed by atoms with Crippen LogP contribution in [0.25, 0.3) is 0 Å². The predicted molar refractivity (Wildman–Crippen MR) is 59.1 cm³/mol. The number of carbonyl (C=O) groups is 1. The van der Waals surface area contributed by atoms with Gasteiger partial charge in [-0.1, -0.05) is 0 Å². The van der Waals surface area contributed by atoms with E-state index >= 15 is 0 Å². The summed E-state index contributed by atoms with van der Waals surface area (Å²) in [6.45, 7) is 10.0. The average Bonchev–Trinajstić information content (AvgIpc) is 2.29. The molecule has 0 aromatic rings. The zero-order valence-corrected chi connectivity index (χ0v) is 8.26. The lowest BCUT2D eigenvalue weighted by Crippen LogP contribution is -2.06. The Balaban J connectivity index is -0.0000000230. The Morgan fingerprint density at radius 1 is 0.846 bits per heavy atom. The smallest absolute Gasteiger partial charge is 0.209 e. The molecule has 0 unspecified atom stereocenters. The fourth-order valence-electron chi connectivity index (χ4n) is 0. The highest BCUT2D eigenvalue weighted by Crippen LogP contribution is 1.52. The number of hydrogen-bond acceptors (Lipinski definition) is 5. The van der Waals surface area contributed by atoms with E-state index < -0.39 is 0 Å². The van der Waals surface area contributed by atoms with Crippen molar-refractivity contribution in [2.24, 2.45) is 0 Å². The first kappa shape index (κ1) is 30.4. The number of amides is 1. The molecule has 0 aromatic carbocycles. The molecule has 0 spiro atoms. The summed E-state index contributed by atoms with van der Waals surface area (Å²) >= 11 is 0. The van der Waals surface area contributed by atoms with Crippen LogP contribution in [-0.4, -0.2) is 52.3 Å². The lowest BCUT2D eigenvalue weighted by molar-refractivity contribution is -0.115. The Hall–Kier alpha value is -1.85. The fourth-order valence-corrected chi connectivity index (χ4v) is 0. The first-order valence-corrected chi connectivity index (χ1v) is 2.80. The molecule has 6 heteroatoms. The third-order valence-electron chi connectivity index (χ3n) is 0.211. The second kappa shape index (κ2) is 184. The third kappa shape index (κ3) is 30000. The zero-order chi connectivity index (χ0) is 12.3. The number of hydrogen-bond donors (Lipinski definition) is 4. The molecule has 0 saturated heterocycles. The van der Waals surface area contributed by atoms with Gasteiger partial charge in [-0.25, -0.2) is 0 Å². The lowest BCUT2D eigenvalue weighted by Gasteiger charge is -1.93. The van der Waals surface area contributed by atoms with Gasteiger partial charge in [0.1, 0.15) is 0 Å². The highest BCUT2D eigenvalue weighted by atomic mass is 16.1. The quantitative estimate of drug-likeness (QED) is 0.354. The normalized spacial score (nSPS) is 3.85. The molecule has 0 fully saturated rings. The van der Waals surface area contributed by atoms with Crippen molar-refractivity contribution >= 4 is 33.3 Å². The van der Waals surface area contributed by atoms with Gasteiger partial charge in [0.2, 0.25) is 6.41 Å². The molecular weight excluding hydrogens is 170 g/mol. The van der Waals surface area contributed by atoms with Crippen LogP contribution in [0.5, 0.6) is 0 Å². The largest absolute Gasteiger partial charge is 0.351 e. The Bertz CT molecular complexity index is 71.3. The first-order valence-electron chi connectivity index (χ1n) is 2.80. The third-order valence-corrected chi connectivity index (χ3v) is 0.211. The summed E-state index contributed by atoms with van der Waals surface area (Å²) in [5.74, 6) is 0. The molecule has 0 radical (unpaired) electrons. The van der Waals surface area contributed by atoms with E-state index in [2.05, 4.69) is 26.9 Å². The van der Waals surface area contributed by atoms with E-state index in [1.54, 1.807) is 14.1 Å². The van der Waals surface area contributed by atoms with Gasteiger partial charge in [-0.15, -0.1) is 0 Å². The molecule has 13 heavy (non-hydrogen) atoms. The van der Waals surface area contributed by atoms with Gasteiger partial charge in [-0.3, -0.25) is 4.79 Å². The molecule has 0 aliphatic rings. The maximum atomic E-state index is 9.43. The maximum Gasteiger partial charge on any atom is 0.209 e. The van der Waals surface area contributed by atoms with E-state index in [1.807, 2.05) is 0 Å². The molecular formula is C7H19N5O. The molecule has 78 valence electrons.